The largest absolute Gasteiger partial charge is 0.325 e. The lowest BCUT2D eigenvalue weighted by atomic mass is 10.3. The number of urea groups is 1. The standard InChI is InChI=1S/C14H8ClF2N3OS/c15-7-2-1-3-9(4-7)18-13(21)20-14-19-12-10(17)5-8(16)6-11(12)22-14/h1-6H,(H2,18,19,20,21). The normalized spacial score (nSPS) is 10.7. The molecule has 1 heterocycles. The molecule has 3 aromatic rings. The molecule has 4 nitrogen and oxygen atoms in total. The summed E-state index contributed by atoms with van der Waals surface area (Å²) in [5.74, 6) is -1.46. The number of hydrogen-bond donors (Lipinski definition) is 2. The van der Waals surface area contributed by atoms with Crippen LogP contribution >= 0.6 is 22.9 Å². The van der Waals surface area contributed by atoms with E-state index in [2.05, 4.69) is 15.6 Å². The zero-order valence-corrected chi connectivity index (χ0v) is 12.4. The highest BCUT2D eigenvalue weighted by Gasteiger charge is 2.12. The van der Waals surface area contributed by atoms with Gasteiger partial charge in [-0.05, 0) is 24.3 Å². The van der Waals surface area contributed by atoms with Gasteiger partial charge in [-0.25, -0.2) is 18.6 Å². The van der Waals surface area contributed by atoms with Crippen LogP contribution in [0.2, 0.25) is 5.02 Å². The van der Waals surface area contributed by atoms with Crippen LogP contribution in [0, 0.1) is 11.6 Å². The van der Waals surface area contributed by atoms with Crippen molar-refractivity contribution in [2.24, 2.45) is 0 Å². The number of halogens is 3. The van der Waals surface area contributed by atoms with Gasteiger partial charge in [0.15, 0.2) is 10.9 Å². The third kappa shape index (κ3) is 3.15. The van der Waals surface area contributed by atoms with Gasteiger partial charge in [-0.3, -0.25) is 5.32 Å². The average Bonchev–Trinajstić information content (AvgIpc) is 2.81. The molecule has 2 amide bonds. The molecule has 0 fully saturated rings. The van der Waals surface area contributed by atoms with Crippen molar-refractivity contribution in [3.8, 4) is 0 Å². The van der Waals surface area contributed by atoms with Crippen molar-refractivity contribution < 1.29 is 13.6 Å². The van der Waals surface area contributed by atoms with E-state index in [1.54, 1.807) is 24.3 Å². The van der Waals surface area contributed by atoms with Crippen LogP contribution in [-0.2, 0) is 0 Å². The number of thiazole rings is 1. The molecule has 0 saturated carbocycles. The summed E-state index contributed by atoms with van der Waals surface area (Å²) in [5, 5.41) is 5.68. The van der Waals surface area contributed by atoms with E-state index >= 15 is 0 Å². The van der Waals surface area contributed by atoms with Crippen LogP contribution in [0.5, 0.6) is 0 Å². The Morgan fingerprint density at radius 3 is 2.77 bits per heavy atom. The summed E-state index contributed by atoms with van der Waals surface area (Å²) in [4.78, 5) is 15.8. The van der Waals surface area contributed by atoms with Crippen LogP contribution < -0.4 is 10.6 Å². The quantitative estimate of drug-likeness (QED) is 0.699. The first-order valence-electron chi connectivity index (χ1n) is 6.10. The summed E-state index contributed by atoms with van der Waals surface area (Å²) in [6, 6.07) is 7.97. The topological polar surface area (TPSA) is 54.0 Å². The number of hydrogen-bond acceptors (Lipinski definition) is 3. The van der Waals surface area contributed by atoms with Crippen molar-refractivity contribution in [1.82, 2.24) is 4.98 Å². The fourth-order valence-electron chi connectivity index (χ4n) is 1.84. The molecular weight excluding hydrogens is 332 g/mol. The minimum absolute atomic E-state index is 0.0180. The Morgan fingerprint density at radius 2 is 2.00 bits per heavy atom. The number of carbonyl (C=O) groups is 1. The highest BCUT2D eigenvalue weighted by molar-refractivity contribution is 7.22. The molecule has 0 saturated heterocycles. The minimum Gasteiger partial charge on any atom is -0.308 e. The number of nitrogens with zero attached hydrogens (tertiary/aromatic N) is 1. The number of carbonyl (C=O) groups excluding carboxylic acids is 1. The molecule has 3 rings (SSSR count). The predicted octanol–water partition coefficient (Wildman–Crippen LogP) is 4.87. The van der Waals surface area contributed by atoms with Crippen molar-refractivity contribution >= 4 is 50.0 Å². The summed E-state index contributed by atoms with van der Waals surface area (Å²) < 4.78 is 27.0. The SMILES string of the molecule is O=C(Nc1cccc(Cl)c1)Nc1nc2c(F)cc(F)cc2s1. The molecule has 2 N–H and O–H groups in total. The van der Waals surface area contributed by atoms with Gasteiger partial charge in [-0.15, -0.1) is 0 Å². The lowest BCUT2D eigenvalue weighted by molar-refractivity contribution is 0.262. The molecule has 0 aliphatic heterocycles. The first-order chi connectivity index (χ1) is 10.5. The Kier molecular flexibility index (Phi) is 3.91. The van der Waals surface area contributed by atoms with Gasteiger partial charge in [0.2, 0.25) is 0 Å². The number of benzene rings is 2. The van der Waals surface area contributed by atoms with Crippen LogP contribution in [0.4, 0.5) is 24.4 Å². The zero-order chi connectivity index (χ0) is 15.7. The summed E-state index contributed by atoms with van der Waals surface area (Å²) in [7, 11) is 0. The van der Waals surface area contributed by atoms with Crippen LogP contribution in [0.25, 0.3) is 10.2 Å². The van der Waals surface area contributed by atoms with Crippen LogP contribution in [-0.4, -0.2) is 11.0 Å². The smallest absolute Gasteiger partial charge is 0.308 e. The molecule has 0 aliphatic rings. The summed E-state index contributed by atoms with van der Waals surface area (Å²) in [6.45, 7) is 0. The van der Waals surface area contributed by atoms with Gasteiger partial charge in [0.1, 0.15) is 11.3 Å². The Hall–Kier alpha value is -2.25. The molecule has 0 spiro atoms. The molecule has 22 heavy (non-hydrogen) atoms. The van der Waals surface area contributed by atoms with Gasteiger partial charge in [0.25, 0.3) is 0 Å². The average molecular weight is 340 g/mol. The molecule has 1 aromatic heterocycles. The third-order valence-electron chi connectivity index (χ3n) is 2.72. The molecule has 8 heteroatoms. The van der Waals surface area contributed by atoms with Gasteiger partial charge in [0.05, 0.1) is 4.70 Å². The Labute approximate surface area is 132 Å². The van der Waals surface area contributed by atoms with Crippen LogP contribution in [0.1, 0.15) is 0 Å². The van der Waals surface area contributed by atoms with Crippen molar-refractivity contribution in [1.29, 1.82) is 0 Å². The van der Waals surface area contributed by atoms with Gasteiger partial charge >= 0.3 is 6.03 Å². The number of rotatable bonds is 2. The van der Waals surface area contributed by atoms with E-state index in [9.17, 15) is 13.6 Å². The minimum atomic E-state index is -0.769. The van der Waals surface area contributed by atoms with Crippen LogP contribution in [0.3, 0.4) is 0 Å². The second-order valence-electron chi connectivity index (χ2n) is 4.34. The second-order valence-corrected chi connectivity index (χ2v) is 5.81. The molecule has 2 aromatic carbocycles. The first-order valence-corrected chi connectivity index (χ1v) is 7.30. The summed E-state index contributed by atoms with van der Waals surface area (Å²) >= 11 is 6.79. The lowest BCUT2D eigenvalue weighted by Gasteiger charge is -2.05. The predicted molar refractivity (Wildman–Crippen MR) is 83.6 cm³/mol. The number of amides is 2. The second kappa shape index (κ2) is 5.86. The molecule has 0 bridgehead atoms. The Morgan fingerprint density at radius 1 is 1.18 bits per heavy atom. The van der Waals surface area contributed by atoms with Crippen molar-refractivity contribution in [3.05, 3.63) is 53.1 Å². The number of fused-ring (bicyclic) bond motifs is 1. The third-order valence-corrected chi connectivity index (χ3v) is 3.87. The van der Waals surface area contributed by atoms with E-state index in [1.807, 2.05) is 0 Å². The summed E-state index contributed by atoms with van der Waals surface area (Å²) in [6.07, 6.45) is 0. The highest BCUT2D eigenvalue weighted by atomic mass is 35.5. The van der Waals surface area contributed by atoms with Crippen molar-refractivity contribution in [3.63, 3.8) is 0 Å². The maximum Gasteiger partial charge on any atom is 0.325 e. The molecule has 112 valence electrons. The zero-order valence-electron chi connectivity index (χ0n) is 10.9. The maximum atomic E-state index is 13.6. The lowest BCUT2D eigenvalue weighted by Crippen LogP contribution is -2.19. The van der Waals surface area contributed by atoms with E-state index in [-0.39, 0.29) is 10.6 Å². The first kappa shape index (κ1) is 14.7. The molecular formula is C14H8ClF2N3OS. The maximum absolute atomic E-state index is 13.6. The Balaban J connectivity index is 1.78. The Bertz CT molecular complexity index is 868. The molecule has 0 aliphatic carbocycles. The van der Waals surface area contributed by atoms with Crippen LogP contribution in [0.15, 0.2) is 36.4 Å². The fourth-order valence-corrected chi connectivity index (χ4v) is 2.93. The monoisotopic (exact) mass is 339 g/mol. The van der Waals surface area contributed by atoms with Crippen molar-refractivity contribution in [2.75, 3.05) is 10.6 Å². The van der Waals surface area contributed by atoms with E-state index < -0.39 is 17.7 Å². The highest BCUT2D eigenvalue weighted by Crippen LogP contribution is 2.28. The molecule has 0 unspecified atom stereocenters. The fraction of sp³-hybridized carbons (Fsp3) is 0. The van der Waals surface area contributed by atoms with Gasteiger partial charge in [0, 0.05) is 16.8 Å². The molecule has 0 atom stereocenters. The number of nitrogens with one attached hydrogen (secondary N) is 2. The van der Waals surface area contributed by atoms with E-state index in [4.69, 9.17) is 11.6 Å². The number of anilines is 2. The van der Waals surface area contributed by atoms with E-state index in [0.29, 0.717) is 15.4 Å². The van der Waals surface area contributed by atoms with Gasteiger partial charge in [-0.2, -0.15) is 0 Å². The van der Waals surface area contributed by atoms with Crippen molar-refractivity contribution in [2.45, 2.75) is 0 Å². The number of aromatic nitrogens is 1. The van der Waals surface area contributed by atoms with E-state index in [0.717, 1.165) is 23.5 Å². The van der Waals surface area contributed by atoms with Gasteiger partial charge in [-0.1, -0.05) is 29.0 Å². The van der Waals surface area contributed by atoms with E-state index in [1.165, 1.54) is 0 Å². The van der Waals surface area contributed by atoms with Gasteiger partial charge < -0.3 is 5.32 Å². The summed E-state index contributed by atoms with van der Waals surface area (Å²) in [5.41, 5.74) is 0.521. The molecule has 0 radical (unpaired) electrons.